The summed E-state index contributed by atoms with van der Waals surface area (Å²) in [4.78, 5) is 23.9. The van der Waals surface area contributed by atoms with Crippen molar-refractivity contribution in [1.82, 2.24) is 20.3 Å². The number of nitrogens with one attached hydrogen (secondary N) is 2. The third-order valence-electron chi connectivity index (χ3n) is 5.03. The van der Waals surface area contributed by atoms with Crippen LogP contribution in [0.2, 0.25) is 0 Å². The summed E-state index contributed by atoms with van der Waals surface area (Å²) < 4.78 is 0. The topological polar surface area (TPSA) is 70.7 Å². The van der Waals surface area contributed by atoms with Crippen LogP contribution in [0.15, 0.2) is 35.4 Å². The second kappa shape index (κ2) is 8.39. The van der Waals surface area contributed by atoms with Crippen LogP contribution in [0.1, 0.15) is 57.7 Å². The van der Waals surface area contributed by atoms with E-state index in [0.29, 0.717) is 11.7 Å². The Labute approximate surface area is 149 Å². The minimum atomic E-state index is -0.117. The molecule has 134 valence electrons. The number of hydrogen-bond donors (Lipinski definition) is 2. The molecule has 1 aliphatic rings. The third-order valence-corrected chi connectivity index (χ3v) is 5.03. The molecule has 0 aliphatic heterocycles. The van der Waals surface area contributed by atoms with Crippen LogP contribution in [0.25, 0.3) is 11.4 Å². The molecule has 0 amide bonds. The predicted octanol–water partition coefficient (Wildman–Crippen LogP) is 3.70. The Morgan fingerprint density at radius 2 is 2.08 bits per heavy atom. The van der Waals surface area contributed by atoms with Gasteiger partial charge in [0.25, 0.3) is 5.56 Å². The maximum Gasteiger partial charge on any atom is 0.251 e. The highest BCUT2D eigenvalue weighted by molar-refractivity contribution is 5.52. The van der Waals surface area contributed by atoms with Crippen molar-refractivity contribution in [3.63, 3.8) is 0 Å². The zero-order chi connectivity index (χ0) is 17.6. The SMILES string of the molecule is CC(C)[C@@H](NCC1CCCCC1)c1cc(=O)[nH]c(-c2cccnc2)n1. The smallest absolute Gasteiger partial charge is 0.251 e. The molecule has 5 nitrogen and oxygen atoms in total. The van der Waals surface area contributed by atoms with E-state index in [1.807, 2.05) is 12.1 Å². The molecule has 0 spiro atoms. The summed E-state index contributed by atoms with van der Waals surface area (Å²) in [6, 6.07) is 5.47. The monoisotopic (exact) mass is 340 g/mol. The van der Waals surface area contributed by atoms with Crippen LogP contribution in [-0.4, -0.2) is 21.5 Å². The van der Waals surface area contributed by atoms with Gasteiger partial charge in [0.15, 0.2) is 0 Å². The molecule has 2 aromatic rings. The second-order valence-electron chi connectivity index (χ2n) is 7.39. The van der Waals surface area contributed by atoms with E-state index in [0.717, 1.165) is 23.7 Å². The van der Waals surface area contributed by atoms with Gasteiger partial charge in [0.05, 0.1) is 11.7 Å². The van der Waals surface area contributed by atoms with Gasteiger partial charge in [-0.3, -0.25) is 9.78 Å². The van der Waals surface area contributed by atoms with Crippen molar-refractivity contribution in [3.8, 4) is 11.4 Å². The summed E-state index contributed by atoms with van der Waals surface area (Å²) in [5.41, 5.74) is 1.53. The van der Waals surface area contributed by atoms with Gasteiger partial charge in [0.2, 0.25) is 0 Å². The molecule has 2 heterocycles. The Balaban J connectivity index is 1.81. The van der Waals surface area contributed by atoms with Crippen LogP contribution < -0.4 is 10.9 Å². The Bertz CT molecular complexity index is 720. The standard InChI is InChI=1S/C20H28N4O/c1-14(2)19(22-12-15-7-4-3-5-8-15)17-11-18(25)24-20(23-17)16-9-6-10-21-13-16/h6,9-11,13-15,19,22H,3-5,7-8,12H2,1-2H3,(H,23,24,25)/t19-/m1/s1. The normalized spacial score (nSPS) is 16.9. The van der Waals surface area contributed by atoms with Gasteiger partial charge in [-0.15, -0.1) is 0 Å². The first-order valence-corrected chi connectivity index (χ1v) is 9.38. The molecule has 2 N–H and O–H groups in total. The summed E-state index contributed by atoms with van der Waals surface area (Å²) in [5.74, 6) is 1.69. The van der Waals surface area contributed by atoms with Crippen LogP contribution in [0.4, 0.5) is 0 Å². The lowest BCUT2D eigenvalue weighted by Gasteiger charge is -2.27. The number of rotatable bonds is 6. The van der Waals surface area contributed by atoms with Crippen molar-refractivity contribution in [2.24, 2.45) is 11.8 Å². The van der Waals surface area contributed by atoms with Gasteiger partial charge in [-0.1, -0.05) is 33.1 Å². The highest BCUT2D eigenvalue weighted by Gasteiger charge is 2.21. The first-order valence-electron chi connectivity index (χ1n) is 9.38. The number of nitrogens with zero attached hydrogens (tertiary/aromatic N) is 2. The number of pyridine rings is 1. The largest absolute Gasteiger partial charge is 0.308 e. The number of H-pyrrole nitrogens is 1. The van der Waals surface area contributed by atoms with Crippen LogP contribution in [-0.2, 0) is 0 Å². The molecule has 3 rings (SSSR count). The van der Waals surface area contributed by atoms with Crippen molar-refractivity contribution in [2.45, 2.75) is 52.0 Å². The summed E-state index contributed by atoms with van der Waals surface area (Å²) in [6.45, 7) is 5.34. The van der Waals surface area contributed by atoms with Gasteiger partial charge < -0.3 is 10.3 Å². The van der Waals surface area contributed by atoms with E-state index in [1.54, 1.807) is 18.5 Å². The van der Waals surface area contributed by atoms with Crippen LogP contribution in [0.5, 0.6) is 0 Å². The molecule has 0 saturated heterocycles. The molecule has 1 fully saturated rings. The van der Waals surface area contributed by atoms with E-state index in [1.165, 1.54) is 32.1 Å². The Morgan fingerprint density at radius 3 is 2.76 bits per heavy atom. The van der Waals surface area contributed by atoms with Gasteiger partial charge in [0.1, 0.15) is 5.82 Å². The molecule has 1 atom stereocenters. The minimum absolute atomic E-state index is 0.0830. The van der Waals surface area contributed by atoms with Crippen molar-refractivity contribution in [2.75, 3.05) is 6.54 Å². The molecule has 0 radical (unpaired) electrons. The van der Waals surface area contributed by atoms with Gasteiger partial charge >= 0.3 is 0 Å². The molecule has 1 aliphatic carbocycles. The highest BCUT2D eigenvalue weighted by atomic mass is 16.1. The highest BCUT2D eigenvalue weighted by Crippen LogP contribution is 2.26. The molecule has 25 heavy (non-hydrogen) atoms. The van der Waals surface area contributed by atoms with E-state index in [-0.39, 0.29) is 11.6 Å². The molecule has 5 heteroatoms. The fourth-order valence-electron chi connectivity index (χ4n) is 3.64. The lowest BCUT2D eigenvalue weighted by molar-refractivity contribution is 0.305. The lowest BCUT2D eigenvalue weighted by atomic mass is 9.88. The average molecular weight is 340 g/mol. The third kappa shape index (κ3) is 4.75. The molecule has 0 unspecified atom stereocenters. The minimum Gasteiger partial charge on any atom is -0.308 e. The molecule has 1 saturated carbocycles. The van der Waals surface area contributed by atoms with Gasteiger partial charge in [-0.05, 0) is 43.4 Å². The second-order valence-corrected chi connectivity index (χ2v) is 7.39. The summed E-state index contributed by atoms with van der Waals surface area (Å²) >= 11 is 0. The summed E-state index contributed by atoms with van der Waals surface area (Å²) in [5, 5.41) is 3.68. The van der Waals surface area contributed by atoms with Crippen LogP contribution in [0.3, 0.4) is 0 Å². The number of aromatic nitrogens is 3. The van der Waals surface area contributed by atoms with E-state index in [4.69, 9.17) is 4.98 Å². The maximum atomic E-state index is 12.2. The van der Waals surface area contributed by atoms with Crippen LogP contribution in [0, 0.1) is 11.8 Å². The number of hydrogen-bond acceptors (Lipinski definition) is 4. The van der Waals surface area contributed by atoms with Gasteiger partial charge in [-0.25, -0.2) is 4.98 Å². The summed E-state index contributed by atoms with van der Waals surface area (Å²) in [7, 11) is 0. The Morgan fingerprint density at radius 1 is 1.28 bits per heavy atom. The van der Waals surface area contributed by atoms with Crippen molar-refractivity contribution in [3.05, 3.63) is 46.6 Å². The Hall–Kier alpha value is -2.01. The van der Waals surface area contributed by atoms with Gasteiger partial charge in [-0.2, -0.15) is 0 Å². The van der Waals surface area contributed by atoms with E-state index >= 15 is 0 Å². The zero-order valence-electron chi connectivity index (χ0n) is 15.2. The van der Waals surface area contributed by atoms with Crippen LogP contribution >= 0.6 is 0 Å². The molecule has 0 bridgehead atoms. The quantitative estimate of drug-likeness (QED) is 0.841. The number of aromatic amines is 1. The average Bonchev–Trinajstić information content (AvgIpc) is 2.63. The summed E-state index contributed by atoms with van der Waals surface area (Å²) in [6.07, 6.45) is 10.1. The zero-order valence-corrected chi connectivity index (χ0v) is 15.2. The van der Waals surface area contributed by atoms with Gasteiger partial charge in [0, 0.05) is 24.0 Å². The van der Waals surface area contributed by atoms with Crippen molar-refractivity contribution >= 4 is 0 Å². The molecular formula is C20H28N4O. The molecular weight excluding hydrogens is 312 g/mol. The lowest BCUT2D eigenvalue weighted by Crippen LogP contribution is -2.33. The fraction of sp³-hybridized carbons (Fsp3) is 0.550. The van der Waals surface area contributed by atoms with E-state index in [2.05, 4.69) is 29.1 Å². The van der Waals surface area contributed by atoms with E-state index < -0.39 is 0 Å². The molecule has 0 aromatic carbocycles. The predicted molar refractivity (Wildman–Crippen MR) is 100 cm³/mol. The first kappa shape index (κ1) is 17.8. The van der Waals surface area contributed by atoms with E-state index in [9.17, 15) is 4.79 Å². The fourth-order valence-corrected chi connectivity index (χ4v) is 3.64. The first-order chi connectivity index (χ1) is 12.1. The van der Waals surface area contributed by atoms with Crippen molar-refractivity contribution in [1.29, 1.82) is 0 Å². The van der Waals surface area contributed by atoms with Crippen molar-refractivity contribution < 1.29 is 0 Å². The Kier molecular flexibility index (Phi) is 5.97. The maximum absolute atomic E-state index is 12.2. The molecule has 2 aromatic heterocycles.